The molecule has 0 saturated carbocycles. The van der Waals surface area contributed by atoms with E-state index < -0.39 is 0 Å². The molecule has 3 aromatic rings. The zero-order valence-electron chi connectivity index (χ0n) is 12.1. The Balaban J connectivity index is 1.83. The van der Waals surface area contributed by atoms with E-state index in [1.54, 1.807) is 0 Å². The van der Waals surface area contributed by atoms with Crippen molar-refractivity contribution in [2.45, 2.75) is 12.6 Å². The Morgan fingerprint density at radius 2 is 1.48 bits per heavy atom. The number of nitrogens with zero attached hydrogens (tertiary/aromatic N) is 2. The van der Waals surface area contributed by atoms with Gasteiger partial charge in [0.05, 0.1) is 11.7 Å². The molecule has 0 atom stereocenters. The Morgan fingerprint density at radius 1 is 0.905 bits per heavy atom. The number of hydrogen-bond donors (Lipinski definition) is 1. The van der Waals surface area contributed by atoms with Gasteiger partial charge in [-0.25, -0.2) is 0 Å². The highest BCUT2D eigenvalue weighted by molar-refractivity contribution is 5.31. The molecule has 21 heavy (non-hydrogen) atoms. The lowest BCUT2D eigenvalue weighted by atomic mass is 9.99. The van der Waals surface area contributed by atoms with E-state index in [0.29, 0.717) is 0 Å². The average molecular weight is 277 g/mol. The monoisotopic (exact) mass is 277 g/mol. The molecule has 0 aliphatic carbocycles. The highest BCUT2D eigenvalue weighted by Gasteiger charge is 2.13. The summed E-state index contributed by atoms with van der Waals surface area (Å²) >= 11 is 0. The van der Waals surface area contributed by atoms with Crippen LogP contribution in [0.1, 0.15) is 22.9 Å². The Kier molecular flexibility index (Phi) is 4.12. The summed E-state index contributed by atoms with van der Waals surface area (Å²) in [5.41, 5.74) is 3.58. The zero-order valence-corrected chi connectivity index (χ0v) is 12.1. The number of hydrogen-bond acceptors (Lipinski definition) is 2. The summed E-state index contributed by atoms with van der Waals surface area (Å²) in [6.07, 6.45) is 1.97. The first-order chi connectivity index (χ1) is 10.3. The minimum atomic E-state index is 0.175. The van der Waals surface area contributed by atoms with Crippen LogP contribution in [0.2, 0.25) is 0 Å². The van der Waals surface area contributed by atoms with E-state index in [1.165, 1.54) is 11.1 Å². The molecule has 0 amide bonds. The van der Waals surface area contributed by atoms with Crippen molar-refractivity contribution >= 4 is 0 Å². The fraction of sp³-hybridized carbons (Fsp3) is 0.167. The summed E-state index contributed by atoms with van der Waals surface area (Å²) in [6.45, 7) is 0.745. The lowest BCUT2D eigenvalue weighted by Crippen LogP contribution is -2.22. The van der Waals surface area contributed by atoms with Gasteiger partial charge in [0.25, 0.3) is 0 Å². The van der Waals surface area contributed by atoms with Crippen molar-refractivity contribution in [2.24, 2.45) is 7.05 Å². The molecule has 0 unspecified atom stereocenters. The number of rotatable bonds is 5. The molecule has 2 aromatic carbocycles. The van der Waals surface area contributed by atoms with E-state index in [9.17, 15) is 0 Å². The summed E-state index contributed by atoms with van der Waals surface area (Å²) in [5, 5.41) is 8.03. The summed E-state index contributed by atoms with van der Waals surface area (Å²) in [6, 6.07) is 23.2. The van der Waals surface area contributed by atoms with E-state index in [0.717, 1.165) is 12.2 Å². The van der Waals surface area contributed by atoms with Crippen LogP contribution >= 0.6 is 0 Å². The first-order valence-electron chi connectivity index (χ1n) is 7.15. The van der Waals surface area contributed by atoms with Crippen molar-refractivity contribution in [3.63, 3.8) is 0 Å². The topological polar surface area (TPSA) is 29.9 Å². The van der Waals surface area contributed by atoms with Gasteiger partial charge < -0.3 is 5.32 Å². The maximum Gasteiger partial charge on any atom is 0.0762 e. The molecule has 0 fully saturated rings. The minimum Gasteiger partial charge on any atom is -0.300 e. The maximum atomic E-state index is 4.42. The second kappa shape index (κ2) is 6.37. The minimum absolute atomic E-state index is 0.175. The molecule has 0 bridgehead atoms. The molecule has 0 spiro atoms. The van der Waals surface area contributed by atoms with Gasteiger partial charge in [-0.1, -0.05) is 60.7 Å². The Hall–Kier alpha value is -2.39. The van der Waals surface area contributed by atoms with Gasteiger partial charge >= 0.3 is 0 Å². The van der Waals surface area contributed by atoms with Crippen LogP contribution in [0.25, 0.3) is 0 Å². The van der Waals surface area contributed by atoms with E-state index in [1.807, 2.05) is 36.1 Å². The summed E-state index contributed by atoms with van der Waals surface area (Å²) in [7, 11) is 1.94. The van der Waals surface area contributed by atoms with Gasteiger partial charge in [0.1, 0.15) is 0 Å². The molecule has 1 aromatic heterocycles. The van der Waals surface area contributed by atoms with Crippen LogP contribution in [0.4, 0.5) is 0 Å². The maximum absolute atomic E-state index is 4.42. The third-order valence-corrected chi connectivity index (χ3v) is 3.52. The quantitative estimate of drug-likeness (QED) is 0.775. The van der Waals surface area contributed by atoms with Gasteiger partial charge in [-0.2, -0.15) is 5.10 Å². The second-order valence-electron chi connectivity index (χ2n) is 5.12. The Labute approximate surface area is 125 Å². The number of nitrogens with one attached hydrogen (secondary N) is 1. The second-order valence-corrected chi connectivity index (χ2v) is 5.12. The smallest absolute Gasteiger partial charge is 0.0762 e. The predicted molar refractivity (Wildman–Crippen MR) is 84.8 cm³/mol. The van der Waals surface area contributed by atoms with Crippen LogP contribution in [0, 0.1) is 0 Å². The highest BCUT2D eigenvalue weighted by atomic mass is 15.3. The Bertz CT molecular complexity index is 634. The largest absolute Gasteiger partial charge is 0.300 e. The molecule has 106 valence electrons. The van der Waals surface area contributed by atoms with Crippen molar-refractivity contribution in [3.05, 3.63) is 89.7 Å². The first-order valence-corrected chi connectivity index (χ1v) is 7.15. The van der Waals surface area contributed by atoms with Crippen molar-refractivity contribution in [3.8, 4) is 0 Å². The van der Waals surface area contributed by atoms with Crippen molar-refractivity contribution in [1.82, 2.24) is 15.1 Å². The fourth-order valence-electron chi connectivity index (χ4n) is 2.48. The van der Waals surface area contributed by atoms with Crippen LogP contribution in [0.3, 0.4) is 0 Å². The molecular formula is C18H19N3. The van der Waals surface area contributed by atoms with Crippen LogP contribution in [-0.2, 0) is 13.6 Å². The van der Waals surface area contributed by atoms with Crippen molar-refractivity contribution < 1.29 is 0 Å². The summed E-state index contributed by atoms with van der Waals surface area (Å²) in [4.78, 5) is 0. The van der Waals surface area contributed by atoms with Gasteiger partial charge in [-0.05, 0) is 17.2 Å². The van der Waals surface area contributed by atoms with E-state index in [2.05, 4.69) is 58.9 Å². The Morgan fingerprint density at radius 3 is 1.95 bits per heavy atom. The van der Waals surface area contributed by atoms with Gasteiger partial charge in [0.15, 0.2) is 0 Å². The number of aromatic nitrogens is 2. The third-order valence-electron chi connectivity index (χ3n) is 3.52. The molecule has 3 nitrogen and oxygen atoms in total. The van der Waals surface area contributed by atoms with Crippen LogP contribution in [0.15, 0.2) is 72.9 Å². The van der Waals surface area contributed by atoms with E-state index in [-0.39, 0.29) is 6.04 Å². The van der Waals surface area contributed by atoms with Gasteiger partial charge in [0.2, 0.25) is 0 Å². The summed E-state index contributed by atoms with van der Waals surface area (Å²) < 4.78 is 1.83. The fourth-order valence-corrected chi connectivity index (χ4v) is 2.48. The molecule has 3 rings (SSSR count). The van der Waals surface area contributed by atoms with Gasteiger partial charge in [-0.15, -0.1) is 0 Å². The highest BCUT2D eigenvalue weighted by Crippen LogP contribution is 2.22. The zero-order chi connectivity index (χ0) is 14.5. The molecule has 0 aliphatic rings. The SMILES string of the molecule is Cn1ccc(CNC(c2ccccc2)c2ccccc2)n1. The first kappa shape index (κ1) is 13.6. The van der Waals surface area contributed by atoms with Crippen LogP contribution < -0.4 is 5.32 Å². The number of aryl methyl sites for hydroxylation is 1. The van der Waals surface area contributed by atoms with Crippen LogP contribution in [-0.4, -0.2) is 9.78 Å². The molecule has 0 radical (unpaired) electrons. The standard InChI is InChI=1S/C18H19N3/c1-21-13-12-17(20-21)14-19-18(15-8-4-2-5-9-15)16-10-6-3-7-11-16/h2-13,18-19H,14H2,1H3. The molecule has 1 N–H and O–H groups in total. The van der Waals surface area contributed by atoms with Gasteiger partial charge in [-0.3, -0.25) is 4.68 Å². The van der Waals surface area contributed by atoms with Crippen LogP contribution in [0.5, 0.6) is 0 Å². The predicted octanol–water partition coefficient (Wildman–Crippen LogP) is 3.30. The van der Waals surface area contributed by atoms with E-state index in [4.69, 9.17) is 0 Å². The summed E-state index contributed by atoms with van der Waals surface area (Å²) in [5.74, 6) is 0. The van der Waals surface area contributed by atoms with Gasteiger partial charge in [0, 0.05) is 19.8 Å². The van der Waals surface area contributed by atoms with Crippen molar-refractivity contribution in [2.75, 3.05) is 0 Å². The van der Waals surface area contributed by atoms with E-state index >= 15 is 0 Å². The lowest BCUT2D eigenvalue weighted by Gasteiger charge is -2.19. The average Bonchev–Trinajstić information content (AvgIpc) is 2.95. The van der Waals surface area contributed by atoms with Crippen molar-refractivity contribution in [1.29, 1.82) is 0 Å². The third kappa shape index (κ3) is 3.38. The lowest BCUT2D eigenvalue weighted by molar-refractivity contribution is 0.588. The molecule has 0 saturated heterocycles. The molecule has 1 heterocycles. The molecule has 3 heteroatoms. The molecule has 0 aliphatic heterocycles. The normalized spacial score (nSPS) is 11.0. The molecular weight excluding hydrogens is 258 g/mol. The number of benzene rings is 2.